The number of nitrogens with one attached hydrogen (secondary N) is 1. The van der Waals surface area contributed by atoms with Gasteiger partial charge in [0.05, 0.1) is 11.1 Å². The van der Waals surface area contributed by atoms with Gasteiger partial charge in [-0.25, -0.2) is 8.78 Å². The molecule has 0 aliphatic rings. The van der Waals surface area contributed by atoms with E-state index in [1.807, 2.05) is 32.9 Å². The lowest BCUT2D eigenvalue weighted by Gasteiger charge is -2.17. The zero-order valence-electron chi connectivity index (χ0n) is 15.4. The van der Waals surface area contributed by atoms with Gasteiger partial charge in [0.1, 0.15) is 5.69 Å². The number of aromatic nitrogens is 1. The number of fused-ring (bicyclic) bond motifs is 1. The van der Waals surface area contributed by atoms with Crippen molar-refractivity contribution in [3.8, 4) is 5.69 Å². The largest absolute Gasteiger partial charge is 0.351 e. The molecule has 0 aliphatic heterocycles. The summed E-state index contributed by atoms with van der Waals surface area (Å²) in [6.45, 7) is 6.11. The maximum Gasteiger partial charge on any atom is 0.268 e. The molecular formula is C21H20F2N2O2. The fraction of sp³-hybridized carbons (Fsp3) is 0.238. The number of benzene rings is 2. The summed E-state index contributed by atoms with van der Waals surface area (Å²) in [5.74, 6) is -2.61. The van der Waals surface area contributed by atoms with E-state index in [4.69, 9.17) is 0 Å². The lowest BCUT2D eigenvalue weighted by atomic mass is 10.1. The van der Waals surface area contributed by atoms with E-state index >= 15 is 0 Å². The summed E-state index contributed by atoms with van der Waals surface area (Å²) >= 11 is 0. The van der Waals surface area contributed by atoms with Crippen LogP contribution in [-0.2, 0) is 0 Å². The van der Waals surface area contributed by atoms with E-state index in [2.05, 4.69) is 5.32 Å². The van der Waals surface area contributed by atoms with Gasteiger partial charge in [0.25, 0.3) is 11.5 Å². The molecule has 0 bridgehead atoms. The van der Waals surface area contributed by atoms with Crippen molar-refractivity contribution in [3.05, 3.63) is 75.2 Å². The quantitative estimate of drug-likeness (QED) is 0.754. The Morgan fingerprint density at radius 2 is 1.78 bits per heavy atom. The number of amides is 1. The van der Waals surface area contributed by atoms with Crippen LogP contribution in [0.3, 0.4) is 0 Å². The highest BCUT2D eigenvalue weighted by atomic mass is 19.2. The van der Waals surface area contributed by atoms with E-state index in [1.165, 1.54) is 10.6 Å². The number of rotatable bonds is 4. The van der Waals surface area contributed by atoms with Crippen molar-refractivity contribution in [1.82, 2.24) is 9.88 Å². The Hall–Kier alpha value is -3.02. The van der Waals surface area contributed by atoms with Gasteiger partial charge in [0, 0.05) is 6.54 Å². The predicted octanol–water partition coefficient (Wildman–Crippen LogP) is 4.03. The maximum absolute atomic E-state index is 13.7. The summed E-state index contributed by atoms with van der Waals surface area (Å²) in [5, 5.41) is 2.94. The number of pyridine rings is 1. The van der Waals surface area contributed by atoms with Gasteiger partial charge in [0.15, 0.2) is 11.6 Å². The van der Waals surface area contributed by atoms with Crippen molar-refractivity contribution >= 4 is 16.7 Å². The van der Waals surface area contributed by atoms with Gasteiger partial charge < -0.3 is 5.32 Å². The molecule has 0 saturated carbocycles. The molecule has 0 radical (unpaired) electrons. The molecule has 0 fully saturated rings. The Morgan fingerprint density at radius 1 is 1.07 bits per heavy atom. The summed E-state index contributed by atoms with van der Waals surface area (Å²) in [5.41, 5.74) is 1.84. The molecule has 0 spiro atoms. The van der Waals surface area contributed by atoms with Gasteiger partial charge >= 0.3 is 0 Å². The smallest absolute Gasteiger partial charge is 0.268 e. The lowest BCUT2D eigenvalue weighted by Crippen LogP contribution is -2.32. The second kappa shape index (κ2) is 7.31. The third kappa shape index (κ3) is 3.47. The Morgan fingerprint density at radius 3 is 2.44 bits per heavy atom. The second-order valence-electron chi connectivity index (χ2n) is 6.57. The van der Waals surface area contributed by atoms with Gasteiger partial charge in [-0.3, -0.25) is 14.2 Å². The maximum atomic E-state index is 13.7. The van der Waals surface area contributed by atoms with Gasteiger partial charge in [0.2, 0.25) is 0 Å². The van der Waals surface area contributed by atoms with Crippen LogP contribution < -0.4 is 10.9 Å². The van der Waals surface area contributed by atoms with Crippen molar-refractivity contribution in [2.24, 2.45) is 0 Å². The average Bonchev–Trinajstić information content (AvgIpc) is 2.62. The first-order valence-corrected chi connectivity index (χ1v) is 8.74. The summed E-state index contributed by atoms with van der Waals surface area (Å²) in [6, 6.07) is 8.70. The van der Waals surface area contributed by atoms with Crippen molar-refractivity contribution in [3.63, 3.8) is 0 Å². The number of carbonyl (C=O) groups excluding carboxylic acids is 1. The van der Waals surface area contributed by atoms with E-state index in [-0.39, 0.29) is 16.5 Å². The van der Waals surface area contributed by atoms with Gasteiger partial charge in [-0.15, -0.1) is 0 Å². The predicted molar refractivity (Wildman–Crippen MR) is 102 cm³/mol. The van der Waals surface area contributed by atoms with Crippen LogP contribution in [0.2, 0.25) is 0 Å². The van der Waals surface area contributed by atoms with Crippen LogP contribution in [0.1, 0.15) is 35.0 Å². The standard InChI is InChI=1S/C21H20F2N2O2/c1-4-7-24-20(26)19-10-14-9-16(22)17(23)11-15(14)21(27)25(19)18-6-5-12(2)8-13(18)3/h5-6,8-11H,4,7H2,1-3H3,(H,24,26). The lowest BCUT2D eigenvalue weighted by molar-refractivity contribution is 0.0946. The monoisotopic (exact) mass is 370 g/mol. The normalized spacial score (nSPS) is 11.0. The molecule has 1 amide bonds. The van der Waals surface area contributed by atoms with Crippen molar-refractivity contribution < 1.29 is 13.6 Å². The molecule has 6 heteroatoms. The number of hydrogen-bond acceptors (Lipinski definition) is 2. The number of carbonyl (C=O) groups is 1. The Bertz CT molecular complexity index is 1100. The number of hydrogen-bond donors (Lipinski definition) is 1. The first-order valence-electron chi connectivity index (χ1n) is 8.74. The Kier molecular flexibility index (Phi) is 5.08. The minimum absolute atomic E-state index is 0.0147. The highest BCUT2D eigenvalue weighted by Gasteiger charge is 2.19. The number of halogens is 2. The minimum atomic E-state index is -1.10. The molecule has 1 N–H and O–H groups in total. The van der Waals surface area contributed by atoms with E-state index < -0.39 is 23.1 Å². The zero-order valence-corrected chi connectivity index (χ0v) is 15.4. The SMILES string of the molecule is CCCNC(=O)c1cc2cc(F)c(F)cc2c(=O)n1-c1ccc(C)cc1C. The van der Waals surface area contributed by atoms with Crippen LogP contribution in [0.25, 0.3) is 16.5 Å². The summed E-state index contributed by atoms with van der Waals surface area (Å²) in [6.07, 6.45) is 0.729. The number of aryl methyl sites for hydroxylation is 2. The molecule has 0 saturated heterocycles. The summed E-state index contributed by atoms with van der Waals surface area (Å²) in [4.78, 5) is 25.8. The van der Waals surface area contributed by atoms with Crippen LogP contribution in [0.15, 0.2) is 41.2 Å². The first kappa shape index (κ1) is 18.8. The molecule has 2 aromatic carbocycles. The molecule has 0 unspecified atom stereocenters. The van der Waals surface area contributed by atoms with Crippen molar-refractivity contribution in [1.29, 1.82) is 0 Å². The fourth-order valence-electron chi connectivity index (χ4n) is 3.10. The Labute approximate surface area is 155 Å². The zero-order chi connectivity index (χ0) is 19.7. The molecule has 4 nitrogen and oxygen atoms in total. The molecule has 1 aromatic heterocycles. The first-order chi connectivity index (χ1) is 12.8. The van der Waals surface area contributed by atoms with Gasteiger partial charge in [-0.1, -0.05) is 24.6 Å². The van der Waals surface area contributed by atoms with Gasteiger partial charge in [-0.05, 0) is 55.5 Å². The van der Waals surface area contributed by atoms with Crippen LogP contribution >= 0.6 is 0 Å². The van der Waals surface area contributed by atoms with Crippen molar-refractivity contribution in [2.75, 3.05) is 6.54 Å². The van der Waals surface area contributed by atoms with E-state index in [1.54, 1.807) is 6.07 Å². The van der Waals surface area contributed by atoms with E-state index in [0.717, 1.165) is 29.7 Å². The topological polar surface area (TPSA) is 51.1 Å². The molecule has 27 heavy (non-hydrogen) atoms. The summed E-state index contributed by atoms with van der Waals surface area (Å²) < 4.78 is 28.6. The van der Waals surface area contributed by atoms with Crippen molar-refractivity contribution in [2.45, 2.75) is 27.2 Å². The second-order valence-corrected chi connectivity index (χ2v) is 6.57. The highest BCUT2D eigenvalue weighted by molar-refractivity contribution is 5.97. The Balaban J connectivity index is 2.37. The molecule has 3 aromatic rings. The fourth-order valence-corrected chi connectivity index (χ4v) is 3.10. The van der Waals surface area contributed by atoms with Crippen LogP contribution in [0, 0.1) is 25.5 Å². The molecule has 0 atom stereocenters. The molecule has 3 rings (SSSR count). The van der Waals surface area contributed by atoms with Crippen LogP contribution in [-0.4, -0.2) is 17.0 Å². The molecule has 0 aliphatic carbocycles. The van der Waals surface area contributed by atoms with Crippen LogP contribution in [0.4, 0.5) is 8.78 Å². The third-order valence-corrected chi connectivity index (χ3v) is 4.42. The third-order valence-electron chi connectivity index (χ3n) is 4.42. The van der Waals surface area contributed by atoms with E-state index in [9.17, 15) is 18.4 Å². The van der Waals surface area contributed by atoms with Crippen LogP contribution in [0.5, 0.6) is 0 Å². The number of nitrogens with zero attached hydrogens (tertiary/aromatic N) is 1. The molecule has 140 valence electrons. The minimum Gasteiger partial charge on any atom is -0.351 e. The van der Waals surface area contributed by atoms with E-state index in [0.29, 0.717) is 12.2 Å². The summed E-state index contributed by atoms with van der Waals surface area (Å²) in [7, 11) is 0. The highest BCUT2D eigenvalue weighted by Crippen LogP contribution is 2.21. The van der Waals surface area contributed by atoms with Gasteiger partial charge in [-0.2, -0.15) is 0 Å². The molecular weight excluding hydrogens is 350 g/mol. The average molecular weight is 370 g/mol. The molecule has 1 heterocycles.